The number of carbonyl (C=O) groups is 2. The van der Waals surface area contributed by atoms with Crippen LogP contribution in [0, 0.1) is 5.92 Å². The van der Waals surface area contributed by atoms with E-state index in [1.54, 1.807) is 0 Å². The quantitative estimate of drug-likeness (QED) is 0.640. The number of hydrogen-bond acceptors (Lipinski definition) is 4. The number of amides is 1. The number of rotatable bonds is 8. The summed E-state index contributed by atoms with van der Waals surface area (Å²) in [6.45, 7) is 1.71. The molecule has 0 saturated carbocycles. The summed E-state index contributed by atoms with van der Waals surface area (Å²) in [7, 11) is 0. The van der Waals surface area contributed by atoms with Gasteiger partial charge in [0.15, 0.2) is 0 Å². The van der Waals surface area contributed by atoms with Crippen LogP contribution in [0.15, 0.2) is 42.5 Å². The fourth-order valence-electron chi connectivity index (χ4n) is 4.77. The van der Waals surface area contributed by atoms with Crippen LogP contribution in [0.5, 0.6) is 0 Å². The van der Waals surface area contributed by atoms with Crippen molar-refractivity contribution in [2.24, 2.45) is 5.92 Å². The van der Waals surface area contributed by atoms with Crippen molar-refractivity contribution in [2.45, 2.75) is 51.0 Å². The molecule has 6 nitrogen and oxygen atoms in total. The van der Waals surface area contributed by atoms with E-state index in [-0.39, 0.29) is 11.8 Å². The average Bonchev–Trinajstić information content (AvgIpc) is 3.27. The number of likely N-dealkylation sites (tertiary alicyclic amines) is 1. The van der Waals surface area contributed by atoms with Crippen LogP contribution in [0.2, 0.25) is 0 Å². The maximum Gasteiger partial charge on any atom is 0.325 e. The Balaban J connectivity index is 1.24. The van der Waals surface area contributed by atoms with Crippen LogP contribution < -0.4 is 5.32 Å². The first kappa shape index (κ1) is 21.5. The van der Waals surface area contributed by atoms with E-state index in [4.69, 9.17) is 4.98 Å². The Morgan fingerprint density at radius 3 is 2.74 bits per heavy atom. The SMILES string of the molecule is O=C(NCCCc1ccc2c(n1)CCCC2)[C@@H]1CCN([C@@H](C(=O)O)c2ccccc2)C1. The van der Waals surface area contributed by atoms with E-state index in [1.807, 2.05) is 35.2 Å². The number of fused-ring (bicyclic) bond motifs is 1. The third kappa shape index (κ3) is 5.31. The molecular weight excluding hydrogens is 390 g/mol. The molecule has 1 aliphatic carbocycles. The molecule has 6 heteroatoms. The van der Waals surface area contributed by atoms with Crippen LogP contribution in [-0.4, -0.2) is 46.5 Å². The zero-order valence-electron chi connectivity index (χ0n) is 17.9. The van der Waals surface area contributed by atoms with Gasteiger partial charge in [-0.1, -0.05) is 36.4 Å². The monoisotopic (exact) mass is 421 g/mol. The number of benzene rings is 1. The normalized spacial score (nSPS) is 19.5. The third-order valence-electron chi connectivity index (χ3n) is 6.45. The van der Waals surface area contributed by atoms with Gasteiger partial charge >= 0.3 is 5.97 Å². The zero-order valence-corrected chi connectivity index (χ0v) is 17.9. The molecular formula is C25H31N3O3. The molecule has 31 heavy (non-hydrogen) atoms. The number of nitrogens with one attached hydrogen (secondary N) is 1. The molecule has 2 heterocycles. The second-order valence-corrected chi connectivity index (χ2v) is 8.64. The first-order valence-electron chi connectivity index (χ1n) is 11.4. The van der Waals surface area contributed by atoms with Gasteiger partial charge in [-0.25, -0.2) is 0 Å². The number of aryl methyl sites for hydroxylation is 3. The average molecular weight is 422 g/mol. The predicted molar refractivity (Wildman–Crippen MR) is 119 cm³/mol. The molecule has 1 amide bonds. The largest absolute Gasteiger partial charge is 0.480 e. The fourth-order valence-corrected chi connectivity index (χ4v) is 4.77. The third-order valence-corrected chi connectivity index (χ3v) is 6.45. The van der Waals surface area contributed by atoms with Crippen molar-refractivity contribution >= 4 is 11.9 Å². The number of carboxylic acids is 1. The van der Waals surface area contributed by atoms with Crippen LogP contribution in [0.3, 0.4) is 0 Å². The van der Waals surface area contributed by atoms with E-state index in [1.165, 1.54) is 24.1 Å². The van der Waals surface area contributed by atoms with Gasteiger partial charge in [0.2, 0.25) is 5.91 Å². The second-order valence-electron chi connectivity index (χ2n) is 8.64. The van der Waals surface area contributed by atoms with Crippen molar-refractivity contribution in [2.75, 3.05) is 19.6 Å². The van der Waals surface area contributed by atoms with Crippen molar-refractivity contribution in [3.63, 3.8) is 0 Å². The number of nitrogens with zero attached hydrogens (tertiary/aromatic N) is 2. The van der Waals surface area contributed by atoms with Crippen molar-refractivity contribution in [3.05, 3.63) is 65.0 Å². The van der Waals surface area contributed by atoms with Crippen LogP contribution in [-0.2, 0) is 28.9 Å². The minimum absolute atomic E-state index is 0.0260. The summed E-state index contributed by atoms with van der Waals surface area (Å²) in [5, 5.41) is 12.8. The molecule has 2 N–H and O–H groups in total. The molecule has 1 aromatic carbocycles. The minimum Gasteiger partial charge on any atom is -0.480 e. The van der Waals surface area contributed by atoms with E-state index in [2.05, 4.69) is 17.4 Å². The Kier molecular flexibility index (Phi) is 6.97. The Labute approximate surface area is 183 Å². The summed E-state index contributed by atoms with van der Waals surface area (Å²) in [5.74, 6) is -1.00. The van der Waals surface area contributed by atoms with E-state index >= 15 is 0 Å². The summed E-state index contributed by atoms with van der Waals surface area (Å²) in [5.41, 5.74) is 4.51. The van der Waals surface area contributed by atoms with Crippen molar-refractivity contribution in [1.82, 2.24) is 15.2 Å². The summed E-state index contributed by atoms with van der Waals surface area (Å²) < 4.78 is 0. The molecule has 2 aliphatic rings. The summed E-state index contributed by atoms with van der Waals surface area (Å²) in [6.07, 6.45) is 7.12. The minimum atomic E-state index is -0.871. The predicted octanol–water partition coefficient (Wildman–Crippen LogP) is 3.16. The number of hydrogen-bond donors (Lipinski definition) is 2. The van der Waals surface area contributed by atoms with Crippen molar-refractivity contribution in [1.29, 1.82) is 0 Å². The lowest BCUT2D eigenvalue weighted by atomic mass is 9.95. The summed E-state index contributed by atoms with van der Waals surface area (Å²) >= 11 is 0. The molecule has 4 rings (SSSR count). The lowest BCUT2D eigenvalue weighted by Gasteiger charge is -2.24. The van der Waals surface area contributed by atoms with Gasteiger partial charge in [-0.05, 0) is 62.1 Å². The molecule has 0 spiro atoms. The van der Waals surface area contributed by atoms with Crippen LogP contribution in [0.25, 0.3) is 0 Å². The Bertz CT molecular complexity index is 915. The van der Waals surface area contributed by atoms with Crippen LogP contribution in [0.1, 0.15) is 54.2 Å². The number of aromatic nitrogens is 1. The Morgan fingerprint density at radius 1 is 1.13 bits per heavy atom. The van der Waals surface area contributed by atoms with Crippen LogP contribution in [0.4, 0.5) is 0 Å². The number of pyridine rings is 1. The molecule has 1 fully saturated rings. The van der Waals surface area contributed by atoms with Crippen molar-refractivity contribution < 1.29 is 14.7 Å². The summed E-state index contributed by atoms with van der Waals surface area (Å²) in [6, 6.07) is 12.9. The molecule has 0 unspecified atom stereocenters. The topological polar surface area (TPSA) is 82.5 Å². The maximum absolute atomic E-state index is 12.6. The zero-order chi connectivity index (χ0) is 21.6. The molecule has 2 atom stereocenters. The Morgan fingerprint density at radius 2 is 1.94 bits per heavy atom. The smallest absolute Gasteiger partial charge is 0.325 e. The number of carboxylic acid groups (broad SMARTS) is 1. The van der Waals surface area contributed by atoms with Gasteiger partial charge < -0.3 is 10.4 Å². The highest BCUT2D eigenvalue weighted by Crippen LogP contribution is 2.28. The first-order chi connectivity index (χ1) is 15.1. The highest BCUT2D eigenvalue weighted by atomic mass is 16.4. The van der Waals surface area contributed by atoms with Crippen molar-refractivity contribution in [3.8, 4) is 0 Å². The van der Waals surface area contributed by atoms with Gasteiger partial charge in [-0.3, -0.25) is 19.5 Å². The molecule has 2 aromatic rings. The van der Waals surface area contributed by atoms with E-state index in [0.29, 0.717) is 26.1 Å². The molecule has 1 aromatic heterocycles. The lowest BCUT2D eigenvalue weighted by molar-refractivity contribution is -0.143. The van der Waals surface area contributed by atoms with Gasteiger partial charge in [0.1, 0.15) is 6.04 Å². The molecule has 1 saturated heterocycles. The van der Waals surface area contributed by atoms with E-state index < -0.39 is 12.0 Å². The van der Waals surface area contributed by atoms with Gasteiger partial charge in [-0.2, -0.15) is 0 Å². The second kappa shape index (κ2) is 10.1. The van der Waals surface area contributed by atoms with Crippen LogP contribution >= 0.6 is 0 Å². The fraction of sp³-hybridized carbons (Fsp3) is 0.480. The van der Waals surface area contributed by atoms with Gasteiger partial charge in [0.25, 0.3) is 0 Å². The van der Waals surface area contributed by atoms with E-state index in [0.717, 1.165) is 36.9 Å². The number of aliphatic carboxylic acids is 1. The maximum atomic E-state index is 12.6. The molecule has 1 aliphatic heterocycles. The highest BCUT2D eigenvalue weighted by molar-refractivity contribution is 5.80. The molecule has 164 valence electrons. The van der Waals surface area contributed by atoms with E-state index in [9.17, 15) is 14.7 Å². The van der Waals surface area contributed by atoms with Gasteiger partial charge in [-0.15, -0.1) is 0 Å². The van der Waals surface area contributed by atoms with Gasteiger partial charge in [0.05, 0.1) is 5.92 Å². The summed E-state index contributed by atoms with van der Waals surface area (Å²) in [4.78, 5) is 31.2. The molecule has 0 bridgehead atoms. The lowest BCUT2D eigenvalue weighted by Crippen LogP contribution is -2.36. The number of carbonyl (C=O) groups excluding carboxylic acids is 1. The first-order valence-corrected chi connectivity index (χ1v) is 11.4. The Hall–Kier alpha value is -2.73. The highest BCUT2D eigenvalue weighted by Gasteiger charge is 2.36. The van der Waals surface area contributed by atoms with Gasteiger partial charge in [0, 0.05) is 31.0 Å². The standard InChI is InChI=1S/C25H31N3O3/c29-24(26-15-6-10-21-13-12-18-7-4-5-11-22(18)27-21)20-14-16-28(17-20)23(25(30)31)19-8-2-1-3-9-19/h1-3,8-9,12-13,20,23H,4-7,10-11,14-17H2,(H,26,29)(H,30,31)/t20-,23-/m1/s1. The molecule has 0 radical (unpaired) electrons.